The van der Waals surface area contributed by atoms with Crippen LogP contribution in [-0.4, -0.2) is 12.0 Å². The van der Waals surface area contributed by atoms with Crippen LogP contribution in [0.25, 0.3) is 0 Å². The Hall–Kier alpha value is -1.54. The maximum absolute atomic E-state index is 5.82. The minimum atomic E-state index is 0.511. The largest absolute Gasteiger partial charge is 0.329 e. The van der Waals surface area contributed by atoms with Gasteiger partial charge in [-0.25, -0.2) is 4.98 Å². The third-order valence-corrected chi connectivity index (χ3v) is 3.04. The topological polar surface area (TPSA) is 16.1 Å². The van der Waals surface area contributed by atoms with Crippen LogP contribution in [-0.2, 0) is 5.88 Å². The normalized spacial score (nSPS) is 10.3. The number of hydrogen-bond acceptors (Lipinski definition) is 2. The lowest BCUT2D eigenvalue weighted by molar-refractivity contribution is 1.11. The van der Waals surface area contributed by atoms with Crippen LogP contribution in [0, 0.1) is 6.92 Å². The molecule has 0 atom stereocenters. The van der Waals surface area contributed by atoms with E-state index < -0.39 is 0 Å². The number of hydrogen-bond donors (Lipinski definition) is 0. The molecule has 0 saturated heterocycles. The minimum absolute atomic E-state index is 0.511. The van der Waals surface area contributed by atoms with Gasteiger partial charge in [0.1, 0.15) is 5.82 Å². The molecule has 1 heterocycles. The Kier molecular flexibility index (Phi) is 3.64. The Morgan fingerprint density at radius 2 is 1.88 bits per heavy atom. The first-order chi connectivity index (χ1) is 8.20. The van der Waals surface area contributed by atoms with Gasteiger partial charge in [-0.15, -0.1) is 11.6 Å². The molecule has 0 amide bonds. The Morgan fingerprint density at radius 1 is 1.18 bits per heavy atom. The van der Waals surface area contributed by atoms with Crippen molar-refractivity contribution < 1.29 is 0 Å². The van der Waals surface area contributed by atoms with Gasteiger partial charge in [0.2, 0.25) is 0 Å². The molecule has 0 spiro atoms. The van der Waals surface area contributed by atoms with Crippen molar-refractivity contribution in [2.45, 2.75) is 12.8 Å². The van der Waals surface area contributed by atoms with E-state index in [1.807, 2.05) is 19.2 Å². The number of anilines is 2. The molecule has 0 aliphatic rings. The van der Waals surface area contributed by atoms with Gasteiger partial charge >= 0.3 is 0 Å². The van der Waals surface area contributed by atoms with E-state index in [-0.39, 0.29) is 0 Å². The number of halogens is 1. The first-order valence-corrected chi connectivity index (χ1v) is 6.05. The van der Waals surface area contributed by atoms with Gasteiger partial charge in [-0.3, -0.25) is 0 Å². The molecule has 2 rings (SSSR count). The SMILES string of the molecule is Cc1ccc(N(C)c2cc(CCl)ccn2)cc1. The van der Waals surface area contributed by atoms with Gasteiger partial charge in [-0.1, -0.05) is 17.7 Å². The molecule has 0 fully saturated rings. The van der Waals surface area contributed by atoms with Crippen molar-refractivity contribution in [3.05, 3.63) is 53.7 Å². The summed E-state index contributed by atoms with van der Waals surface area (Å²) in [5.41, 5.74) is 3.45. The molecule has 0 unspecified atom stereocenters. The zero-order chi connectivity index (χ0) is 12.3. The highest BCUT2D eigenvalue weighted by atomic mass is 35.5. The highest BCUT2D eigenvalue weighted by molar-refractivity contribution is 6.17. The van der Waals surface area contributed by atoms with Crippen LogP contribution >= 0.6 is 11.6 Å². The fourth-order valence-electron chi connectivity index (χ4n) is 1.63. The Balaban J connectivity index is 2.29. The van der Waals surface area contributed by atoms with Crippen molar-refractivity contribution >= 4 is 23.1 Å². The summed E-state index contributed by atoms with van der Waals surface area (Å²) in [5.74, 6) is 1.42. The second-order valence-electron chi connectivity index (χ2n) is 4.05. The summed E-state index contributed by atoms with van der Waals surface area (Å²) < 4.78 is 0. The fraction of sp³-hybridized carbons (Fsp3) is 0.214. The Morgan fingerprint density at radius 3 is 2.53 bits per heavy atom. The highest BCUT2D eigenvalue weighted by Gasteiger charge is 2.05. The zero-order valence-corrected chi connectivity index (χ0v) is 10.8. The van der Waals surface area contributed by atoms with Crippen molar-refractivity contribution in [2.24, 2.45) is 0 Å². The predicted molar refractivity (Wildman–Crippen MR) is 73.0 cm³/mol. The molecular weight excluding hydrogens is 232 g/mol. The van der Waals surface area contributed by atoms with Crippen molar-refractivity contribution in [3.8, 4) is 0 Å². The summed E-state index contributed by atoms with van der Waals surface area (Å²) in [4.78, 5) is 6.40. The van der Waals surface area contributed by atoms with Crippen molar-refractivity contribution in [3.63, 3.8) is 0 Å². The molecule has 2 aromatic rings. The number of benzene rings is 1. The van der Waals surface area contributed by atoms with Gasteiger partial charge in [-0.05, 0) is 36.8 Å². The maximum atomic E-state index is 5.82. The average molecular weight is 247 g/mol. The molecule has 17 heavy (non-hydrogen) atoms. The molecule has 0 radical (unpaired) electrons. The highest BCUT2D eigenvalue weighted by Crippen LogP contribution is 2.22. The van der Waals surface area contributed by atoms with E-state index in [1.54, 1.807) is 6.20 Å². The van der Waals surface area contributed by atoms with Gasteiger partial charge in [0.15, 0.2) is 0 Å². The van der Waals surface area contributed by atoms with Crippen LogP contribution in [0.5, 0.6) is 0 Å². The number of nitrogens with zero attached hydrogens (tertiary/aromatic N) is 2. The molecule has 0 aliphatic heterocycles. The van der Waals surface area contributed by atoms with Gasteiger partial charge in [-0.2, -0.15) is 0 Å². The molecule has 0 aliphatic carbocycles. The second kappa shape index (κ2) is 5.19. The van der Waals surface area contributed by atoms with Gasteiger partial charge < -0.3 is 4.90 Å². The van der Waals surface area contributed by atoms with Crippen molar-refractivity contribution in [2.75, 3.05) is 11.9 Å². The summed E-state index contributed by atoms with van der Waals surface area (Å²) in [6.07, 6.45) is 1.79. The molecule has 1 aromatic heterocycles. The van der Waals surface area contributed by atoms with Gasteiger partial charge in [0, 0.05) is 24.8 Å². The first kappa shape index (κ1) is 11.9. The number of pyridine rings is 1. The Bertz CT molecular complexity index is 494. The van der Waals surface area contributed by atoms with Crippen LogP contribution in [0.2, 0.25) is 0 Å². The smallest absolute Gasteiger partial charge is 0.132 e. The average Bonchev–Trinajstić information content (AvgIpc) is 2.39. The van der Waals surface area contributed by atoms with Crippen LogP contribution in [0.4, 0.5) is 11.5 Å². The van der Waals surface area contributed by atoms with Gasteiger partial charge in [0.25, 0.3) is 0 Å². The van der Waals surface area contributed by atoms with E-state index in [0.29, 0.717) is 5.88 Å². The lowest BCUT2D eigenvalue weighted by Crippen LogP contribution is -2.11. The van der Waals surface area contributed by atoms with Crippen LogP contribution in [0.15, 0.2) is 42.6 Å². The summed E-state index contributed by atoms with van der Waals surface area (Å²) in [6.45, 7) is 2.08. The van der Waals surface area contributed by atoms with E-state index in [0.717, 1.165) is 17.1 Å². The molecule has 0 N–H and O–H groups in total. The first-order valence-electron chi connectivity index (χ1n) is 5.52. The summed E-state index contributed by atoms with van der Waals surface area (Å²) in [6, 6.07) is 12.3. The third kappa shape index (κ3) is 2.77. The van der Waals surface area contributed by atoms with Gasteiger partial charge in [0.05, 0.1) is 0 Å². The van der Waals surface area contributed by atoms with Crippen molar-refractivity contribution in [1.82, 2.24) is 4.98 Å². The number of rotatable bonds is 3. The minimum Gasteiger partial charge on any atom is -0.329 e. The van der Waals surface area contributed by atoms with Crippen LogP contribution in [0.1, 0.15) is 11.1 Å². The zero-order valence-electron chi connectivity index (χ0n) is 10.0. The molecule has 0 bridgehead atoms. The number of aryl methyl sites for hydroxylation is 1. The molecule has 0 saturated carbocycles. The third-order valence-electron chi connectivity index (χ3n) is 2.73. The van der Waals surface area contributed by atoms with Crippen LogP contribution < -0.4 is 4.90 Å². The molecule has 3 heteroatoms. The van der Waals surface area contributed by atoms with E-state index in [2.05, 4.69) is 41.1 Å². The number of aromatic nitrogens is 1. The quantitative estimate of drug-likeness (QED) is 0.764. The fourth-order valence-corrected chi connectivity index (χ4v) is 1.79. The molecule has 1 aromatic carbocycles. The Labute approximate surface area is 107 Å². The second-order valence-corrected chi connectivity index (χ2v) is 4.32. The molecular formula is C14H15ClN2. The lowest BCUT2D eigenvalue weighted by atomic mass is 10.2. The van der Waals surface area contributed by atoms with Crippen LogP contribution in [0.3, 0.4) is 0 Å². The summed E-state index contributed by atoms with van der Waals surface area (Å²) in [7, 11) is 2.00. The van der Waals surface area contributed by atoms with Crippen molar-refractivity contribution in [1.29, 1.82) is 0 Å². The standard InChI is InChI=1S/C14H15ClN2/c1-11-3-5-13(6-4-11)17(2)14-9-12(10-15)7-8-16-14/h3-9H,10H2,1-2H3. The van der Waals surface area contributed by atoms with E-state index in [9.17, 15) is 0 Å². The van der Waals surface area contributed by atoms with E-state index in [4.69, 9.17) is 11.6 Å². The van der Waals surface area contributed by atoms with E-state index in [1.165, 1.54) is 5.56 Å². The summed E-state index contributed by atoms with van der Waals surface area (Å²) >= 11 is 5.82. The molecule has 88 valence electrons. The summed E-state index contributed by atoms with van der Waals surface area (Å²) in [5, 5.41) is 0. The molecule has 2 nitrogen and oxygen atoms in total. The monoisotopic (exact) mass is 246 g/mol. The maximum Gasteiger partial charge on any atom is 0.132 e. The lowest BCUT2D eigenvalue weighted by Gasteiger charge is -2.18. The van der Waals surface area contributed by atoms with E-state index >= 15 is 0 Å². The predicted octanol–water partition coefficient (Wildman–Crippen LogP) is 3.90. The number of alkyl halides is 1.